The van der Waals surface area contributed by atoms with E-state index >= 15 is 0 Å². The average Bonchev–Trinajstić information content (AvgIpc) is 3.49. The predicted octanol–water partition coefficient (Wildman–Crippen LogP) is 6.02. The van der Waals surface area contributed by atoms with E-state index in [1.165, 1.54) is 0 Å². The average molecular weight is 546 g/mol. The van der Waals surface area contributed by atoms with E-state index in [2.05, 4.69) is 20.4 Å². The summed E-state index contributed by atoms with van der Waals surface area (Å²) >= 11 is 6.04. The number of anilines is 1. The number of aromatic nitrogens is 4. The number of aryl methyl sites for hydroxylation is 2. The summed E-state index contributed by atoms with van der Waals surface area (Å²) in [6.07, 6.45) is 4.71. The maximum absolute atomic E-state index is 13.0. The Morgan fingerprint density at radius 1 is 1.18 bits per heavy atom. The van der Waals surface area contributed by atoms with Gasteiger partial charge in [0.25, 0.3) is 5.91 Å². The number of carbonyl (C=O) groups is 1. The van der Waals surface area contributed by atoms with Crippen LogP contribution in [0.25, 0.3) is 11.1 Å². The van der Waals surface area contributed by atoms with Gasteiger partial charge < -0.3 is 15.2 Å². The number of pyridine rings is 1. The van der Waals surface area contributed by atoms with Crippen LogP contribution in [-0.4, -0.2) is 43.0 Å². The lowest BCUT2D eigenvalue weighted by atomic mass is 10.0. The van der Waals surface area contributed by atoms with Crippen molar-refractivity contribution in [3.05, 3.63) is 88.6 Å². The molecule has 0 fully saturated rings. The summed E-state index contributed by atoms with van der Waals surface area (Å²) in [4.78, 5) is 21.9. The highest BCUT2D eigenvalue weighted by Gasteiger charge is 2.29. The van der Waals surface area contributed by atoms with Gasteiger partial charge in [-0.1, -0.05) is 29.8 Å². The van der Waals surface area contributed by atoms with Gasteiger partial charge in [0.15, 0.2) is 0 Å². The molecule has 2 aromatic heterocycles. The van der Waals surface area contributed by atoms with Gasteiger partial charge >= 0.3 is 0 Å². The number of ether oxygens (including phenoxy) is 1. The van der Waals surface area contributed by atoms with Gasteiger partial charge in [-0.3, -0.25) is 4.79 Å². The SMILES string of the molecule is Cc1ccc(OCCCC(C)(C)O)cc1-c1ccnc(NC(=O)c2nc3n(n2)C(c2ccc(Cl)cc2)CC3)c1. The molecule has 1 aliphatic heterocycles. The van der Waals surface area contributed by atoms with Gasteiger partial charge in [0.05, 0.1) is 18.2 Å². The Labute approximate surface area is 233 Å². The molecule has 4 aromatic rings. The molecule has 1 aliphatic rings. The van der Waals surface area contributed by atoms with Crippen molar-refractivity contribution in [2.24, 2.45) is 0 Å². The van der Waals surface area contributed by atoms with E-state index in [-0.39, 0.29) is 11.9 Å². The van der Waals surface area contributed by atoms with Crippen molar-refractivity contribution in [2.75, 3.05) is 11.9 Å². The maximum atomic E-state index is 13.0. The van der Waals surface area contributed by atoms with Crippen LogP contribution >= 0.6 is 11.6 Å². The van der Waals surface area contributed by atoms with E-state index in [9.17, 15) is 9.90 Å². The number of amides is 1. The van der Waals surface area contributed by atoms with Crippen LogP contribution in [0.5, 0.6) is 5.75 Å². The number of nitrogens with one attached hydrogen (secondary N) is 1. The minimum atomic E-state index is -0.704. The minimum absolute atomic E-state index is 0.0281. The summed E-state index contributed by atoms with van der Waals surface area (Å²) in [7, 11) is 0. The van der Waals surface area contributed by atoms with Gasteiger partial charge in [0, 0.05) is 17.6 Å². The van der Waals surface area contributed by atoms with Crippen LogP contribution in [0.3, 0.4) is 0 Å². The molecule has 0 saturated carbocycles. The summed E-state index contributed by atoms with van der Waals surface area (Å²) < 4.78 is 7.76. The zero-order valence-electron chi connectivity index (χ0n) is 22.3. The van der Waals surface area contributed by atoms with Gasteiger partial charge in [-0.25, -0.2) is 14.6 Å². The van der Waals surface area contributed by atoms with Crippen LogP contribution in [0, 0.1) is 6.92 Å². The molecular formula is C30H32ClN5O3. The monoisotopic (exact) mass is 545 g/mol. The van der Waals surface area contributed by atoms with Crippen molar-refractivity contribution in [3.63, 3.8) is 0 Å². The Hall–Kier alpha value is -3.75. The van der Waals surface area contributed by atoms with Crippen molar-refractivity contribution in [3.8, 4) is 16.9 Å². The fourth-order valence-electron chi connectivity index (χ4n) is 4.79. The highest BCUT2D eigenvalue weighted by molar-refractivity contribution is 6.30. The topological polar surface area (TPSA) is 102 Å². The molecule has 1 amide bonds. The van der Waals surface area contributed by atoms with Crippen LogP contribution in [0.4, 0.5) is 5.82 Å². The summed E-state index contributed by atoms with van der Waals surface area (Å²) in [5, 5.41) is 18.0. The van der Waals surface area contributed by atoms with Crippen LogP contribution in [0.2, 0.25) is 5.02 Å². The number of hydrogen-bond acceptors (Lipinski definition) is 6. The second-order valence-corrected chi connectivity index (χ2v) is 11.0. The Kier molecular flexibility index (Phi) is 7.68. The normalized spacial score (nSPS) is 14.7. The largest absolute Gasteiger partial charge is 0.494 e. The van der Waals surface area contributed by atoms with Crippen molar-refractivity contribution < 1.29 is 14.6 Å². The summed E-state index contributed by atoms with van der Waals surface area (Å²) in [5.41, 5.74) is 3.34. The first kappa shape index (κ1) is 26.8. The van der Waals surface area contributed by atoms with E-state index < -0.39 is 11.5 Å². The smallest absolute Gasteiger partial charge is 0.296 e. The summed E-state index contributed by atoms with van der Waals surface area (Å²) in [6.45, 7) is 6.14. The first-order valence-corrected chi connectivity index (χ1v) is 13.5. The molecule has 2 N–H and O–H groups in total. The molecule has 0 saturated heterocycles. The molecule has 0 bridgehead atoms. The lowest BCUT2D eigenvalue weighted by molar-refractivity contribution is 0.0641. The molecule has 0 spiro atoms. The van der Waals surface area contributed by atoms with Gasteiger partial charge in [-0.15, -0.1) is 5.10 Å². The molecule has 0 aliphatic carbocycles. The molecule has 0 radical (unpaired) electrons. The van der Waals surface area contributed by atoms with E-state index in [1.54, 1.807) is 20.0 Å². The van der Waals surface area contributed by atoms with Crippen molar-refractivity contribution in [1.29, 1.82) is 0 Å². The zero-order valence-corrected chi connectivity index (χ0v) is 23.1. The minimum Gasteiger partial charge on any atom is -0.494 e. The first-order valence-electron chi connectivity index (χ1n) is 13.1. The first-order chi connectivity index (χ1) is 18.7. The van der Waals surface area contributed by atoms with Gasteiger partial charge in [-0.2, -0.15) is 0 Å². The van der Waals surface area contributed by atoms with E-state index in [0.29, 0.717) is 23.9 Å². The third kappa shape index (κ3) is 6.46. The molecule has 1 unspecified atom stereocenters. The highest BCUT2D eigenvalue weighted by atomic mass is 35.5. The van der Waals surface area contributed by atoms with Crippen LogP contribution in [-0.2, 0) is 6.42 Å². The maximum Gasteiger partial charge on any atom is 0.296 e. The molecule has 2 aromatic carbocycles. The number of aliphatic hydroxyl groups is 1. The van der Waals surface area contributed by atoms with E-state index in [1.807, 2.05) is 66.2 Å². The number of rotatable bonds is 9. The summed E-state index contributed by atoms with van der Waals surface area (Å²) in [5.74, 6) is 1.67. The second kappa shape index (κ2) is 11.2. The zero-order chi connectivity index (χ0) is 27.6. The third-order valence-electron chi connectivity index (χ3n) is 6.82. The fraction of sp³-hybridized carbons (Fsp3) is 0.333. The standard InChI is InChI=1S/C30H32ClN5O3/c1-19-5-10-23(39-16-4-14-30(2,3)38)18-24(19)21-13-15-32-26(17-21)33-29(37)28-34-27-12-11-25(36(27)35-28)20-6-8-22(31)9-7-20/h5-10,13,15,17-18,25,38H,4,11-12,14,16H2,1-3H3,(H,32,33,37). The Morgan fingerprint density at radius 2 is 1.97 bits per heavy atom. The van der Waals surface area contributed by atoms with Crippen molar-refractivity contribution in [2.45, 2.75) is 58.1 Å². The molecule has 9 heteroatoms. The van der Waals surface area contributed by atoms with Crippen molar-refractivity contribution in [1.82, 2.24) is 19.7 Å². The van der Waals surface area contributed by atoms with Gasteiger partial charge in [0.1, 0.15) is 17.4 Å². The molecule has 5 rings (SSSR count). The van der Waals surface area contributed by atoms with Gasteiger partial charge in [-0.05, 0) is 98.7 Å². The van der Waals surface area contributed by atoms with E-state index in [4.69, 9.17) is 16.3 Å². The Bertz CT molecular complexity index is 1480. The molecule has 1 atom stereocenters. The number of carbonyl (C=O) groups excluding carboxylic acids is 1. The highest BCUT2D eigenvalue weighted by Crippen LogP contribution is 2.32. The number of halogens is 1. The predicted molar refractivity (Wildman–Crippen MR) is 151 cm³/mol. The molecule has 3 heterocycles. The number of benzene rings is 2. The third-order valence-corrected chi connectivity index (χ3v) is 7.07. The van der Waals surface area contributed by atoms with Crippen LogP contribution in [0.1, 0.15) is 66.7 Å². The molecule has 202 valence electrons. The Balaban J connectivity index is 1.28. The number of hydrogen-bond donors (Lipinski definition) is 2. The number of nitrogens with zero attached hydrogens (tertiary/aromatic N) is 4. The van der Waals surface area contributed by atoms with Crippen molar-refractivity contribution >= 4 is 23.3 Å². The van der Waals surface area contributed by atoms with E-state index in [0.717, 1.165) is 53.1 Å². The molecule has 8 nitrogen and oxygen atoms in total. The lowest BCUT2D eigenvalue weighted by Gasteiger charge is -2.17. The number of fused-ring (bicyclic) bond motifs is 1. The van der Waals surface area contributed by atoms with Gasteiger partial charge in [0.2, 0.25) is 5.82 Å². The lowest BCUT2D eigenvalue weighted by Crippen LogP contribution is -2.19. The molecular weight excluding hydrogens is 514 g/mol. The fourth-order valence-corrected chi connectivity index (χ4v) is 4.91. The quantitative estimate of drug-likeness (QED) is 0.249. The summed E-state index contributed by atoms with van der Waals surface area (Å²) in [6, 6.07) is 17.4. The molecule has 39 heavy (non-hydrogen) atoms. The van der Waals surface area contributed by atoms with Crippen LogP contribution < -0.4 is 10.1 Å². The Morgan fingerprint density at radius 3 is 2.74 bits per heavy atom. The van der Waals surface area contributed by atoms with Crippen LogP contribution in [0.15, 0.2) is 60.8 Å². The second-order valence-electron chi connectivity index (χ2n) is 10.5.